The van der Waals surface area contributed by atoms with Crippen LogP contribution in [-0.2, 0) is 9.59 Å². The molecule has 1 unspecified atom stereocenters. The second-order valence-corrected chi connectivity index (χ2v) is 5.61. The number of carbonyl (C=O) groups excluding carboxylic acids is 2. The van der Waals surface area contributed by atoms with Crippen LogP contribution in [0.2, 0.25) is 0 Å². The van der Waals surface area contributed by atoms with Crippen molar-refractivity contribution in [2.45, 2.75) is 18.9 Å². The molecule has 1 heterocycles. The van der Waals surface area contributed by atoms with E-state index < -0.39 is 29.5 Å². The van der Waals surface area contributed by atoms with Crippen molar-refractivity contribution in [1.29, 1.82) is 0 Å². The van der Waals surface area contributed by atoms with Crippen molar-refractivity contribution in [2.24, 2.45) is 0 Å². The standard InChI is InChI=1S/C17H13F3N2O4/c1-16(15(24)22-12-4-2-3-5-13(12)26-16)14(23)21-10-6-8-11(9-7-10)25-17(18,19)20/h2-9H,1H3,(H,21,23)(H,22,24). The second-order valence-electron chi connectivity index (χ2n) is 5.61. The zero-order valence-corrected chi connectivity index (χ0v) is 13.4. The number of benzene rings is 2. The minimum absolute atomic E-state index is 0.181. The third-order valence-corrected chi connectivity index (χ3v) is 3.66. The predicted molar refractivity (Wildman–Crippen MR) is 85.9 cm³/mol. The molecule has 1 aliphatic rings. The molecular formula is C17H13F3N2O4. The van der Waals surface area contributed by atoms with Crippen molar-refractivity contribution in [3.63, 3.8) is 0 Å². The Morgan fingerprint density at radius 2 is 1.81 bits per heavy atom. The zero-order chi connectivity index (χ0) is 18.9. The molecule has 1 aliphatic heterocycles. The number of hydrogen-bond acceptors (Lipinski definition) is 4. The highest BCUT2D eigenvalue weighted by molar-refractivity contribution is 6.18. The van der Waals surface area contributed by atoms with Gasteiger partial charge < -0.3 is 20.1 Å². The first kappa shape index (κ1) is 17.6. The summed E-state index contributed by atoms with van der Waals surface area (Å²) in [6.07, 6.45) is -4.81. The van der Waals surface area contributed by atoms with Crippen LogP contribution in [0.25, 0.3) is 0 Å². The van der Waals surface area contributed by atoms with Gasteiger partial charge in [0.15, 0.2) is 0 Å². The lowest BCUT2D eigenvalue weighted by molar-refractivity contribution is -0.274. The van der Waals surface area contributed by atoms with Crippen molar-refractivity contribution >= 4 is 23.2 Å². The van der Waals surface area contributed by atoms with E-state index in [1.165, 1.54) is 19.1 Å². The molecule has 3 rings (SSSR count). The summed E-state index contributed by atoms with van der Waals surface area (Å²) in [4.78, 5) is 24.8. The second kappa shape index (κ2) is 6.25. The van der Waals surface area contributed by atoms with Gasteiger partial charge in [-0.05, 0) is 43.3 Å². The van der Waals surface area contributed by atoms with Gasteiger partial charge in [-0.25, -0.2) is 0 Å². The summed E-state index contributed by atoms with van der Waals surface area (Å²) >= 11 is 0. The lowest BCUT2D eigenvalue weighted by Gasteiger charge is -2.33. The number of hydrogen-bond donors (Lipinski definition) is 2. The predicted octanol–water partition coefficient (Wildman–Crippen LogP) is 3.31. The maximum absolute atomic E-state index is 12.5. The minimum Gasteiger partial charge on any atom is -0.466 e. The lowest BCUT2D eigenvalue weighted by Crippen LogP contribution is -2.56. The van der Waals surface area contributed by atoms with Crippen LogP contribution in [0.5, 0.6) is 11.5 Å². The number of alkyl halides is 3. The van der Waals surface area contributed by atoms with Crippen LogP contribution in [0.3, 0.4) is 0 Å². The number of fused-ring (bicyclic) bond motifs is 1. The van der Waals surface area contributed by atoms with Gasteiger partial charge in [0.05, 0.1) is 5.69 Å². The lowest BCUT2D eigenvalue weighted by atomic mass is 10.0. The molecule has 6 nitrogen and oxygen atoms in total. The first-order valence-electron chi connectivity index (χ1n) is 7.44. The molecule has 26 heavy (non-hydrogen) atoms. The molecule has 0 radical (unpaired) electrons. The van der Waals surface area contributed by atoms with Crippen molar-refractivity contribution in [2.75, 3.05) is 10.6 Å². The Bertz CT molecular complexity index is 852. The van der Waals surface area contributed by atoms with Gasteiger partial charge in [0, 0.05) is 5.69 Å². The van der Waals surface area contributed by atoms with E-state index in [0.717, 1.165) is 12.1 Å². The van der Waals surface area contributed by atoms with Gasteiger partial charge in [0.25, 0.3) is 17.4 Å². The molecular weight excluding hydrogens is 353 g/mol. The number of anilines is 2. The number of amides is 2. The van der Waals surface area contributed by atoms with E-state index >= 15 is 0 Å². The average Bonchev–Trinajstić information content (AvgIpc) is 2.56. The highest BCUT2D eigenvalue weighted by Crippen LogP contribution is 2.34. The number of ether oxygens (including phenoxy) is 2. The molecule has 2 N–H and O–H groups in total. The van der Waals surface area contributed by atoms with Crippen LogP contribution in [0.15, 0.2) is 48.5 Å². The third-order valence-electron chi connectivity index (χ3n) is 3.66. The van der Waals surface area contributed by atoms with Crippen LogP contribution < -0.4 is 20.1 Å². The number of carbonyl (C=O) groups is 2. The molecule has 2 amide bonds. The Hall–Kier alpha value is -3.23. The van der Waals surface area contributed by atoms with Crippen LogP contribution in [0.1, 0.15) is 6.92 Å². The number of halogens is 3. The monoisotopic (exact) mass is 366 g/mol. The highest BCUT2D eigenvalue weighted by Gasteiger charge is 2.47. The Kier molecular flexibility index (Phi) is 4.23. The summed E-state index contributed by atoms with van der Waals surface area (Å²) in [6.45, 7) is 1.30. The minimum atomic E-state index is -4.81. The van der Waals surface area contributed by atoms with Crippen molar-refractivity contribution < 1.29 is 32.2 Å². The molecule has 0 bridgehead atoms. The summed E-state index contributed by atoms with van der Waals surface area (Å²) in [5.74, 6) is -1.53. The van der Waals surface area contributed by atoms with Crippen LogP contribution in [0, 0.1) is 0 Å². The van der Waals surface area contributed by atoms with Gasteiger partial charge in [0.1, 0.15) is 11.5 Å². The first-order valence-corrected chi connectivity index (χ1v) is 7.44. The van der Waals surface area contributed by atoms with Crippen molar-refractivity contribution in [3.05, 3.63) is 48.5 Å². The van der Waals surface area contributed by atoms with E-state index in [0.29, 0.717) is 11.4 Å². The van der Waals surface area contributed by atoms with Gasteiger partial charge in [-0.1, -0.05) is 12.1 Å². The van der Waals surface area contributed by atoms with Gasteiger partial charge >= 0.3 is 6.36 Å². The number of para-hydroxylation sites is 2. The van der Waals surface area contributed by atoms with Crippen molar-refractivity contribution in [3.8, 4) is 11.5 Å². The van der Waals surface area contributed by atoms with E-state index in [4.69, 9.17) is 4.74 Å². The fourth-order valence-electron chi connectivity index (χ4n) is 2.31. The fraction of sp³-hybridized carbons (Fsp3) is 0.176. The summed E-state index contributed by atoms with van der Waals surface area (Å²) in [7, 11) is 0. The van der Waals surface area contributed by atoms with Crippen LogP contribution in [0.4, 0.5) is 24.5 Å². The average molecular weight is 366 g/mol. The van der Waals surface area contributed by atoms with Gasteiger partial charge in [-0.15, -0.1) is 13.2 Å². The Labute approximate surface area is 145 Å². The largest absolute Gasteiger partial charge is 0.573 e. The molecule has 0 spiro atoms. The van der Waals surface area contributed by atoms with Gasteiger partial charge in [-0.3, -0.25) is 9.59 Å². The third kappa shape index (κ3) is 3.56. The van der Waals surface area contributed by atoms with Gasteiger partial charge in [0.2, 0.25) is 0 Å². The topological polar surface area (TPSA) is 76.7 Å². The number of rotatable bonds is 3. The molecule has 136 valence electrons. The molecule has 0 fully saturated rings. The highest BCUT2D eigenvalue weighted by atomic mass is 19.4. The molecule has 1 atom stereocenters. The van der Waals surface area contributed by atoms with E-state index in [1.54, 1.807) is 24.3 Å². The SMILES string of the molecule is CC1(C(=O)Nc2ccc(OC(F)(F)F)cc2)Oc2ccccc2NC1=O. The molecule has 2 aromatic rings. The Morgan fingerprint density at radius 1 is 1.15 bits per heavy atom. The zero-order valence-electron chi connectivity index (χ0n) is 13.4. The molecule has 0 aromatic heterocycles. The summed E-state index contributed by atoms with van der Waals surface area (Å²) in [6, 6.07) is 11.1. The first-order chi connectivity index (χ1) is 12.2. The molecule has 0 aliphatic carbocycles. The molecule has 2 aromatic carbocycles. The van der Waals surface area contributed by atoms with E-state index in [9.17, 15) is 22.8 Å². The Balaban J connectivity index is 1.74. The van der Waals surface area contributed by atoms with Crippen LogP contribution >= 0.6 is 0 Å². The summed E-state index contributed by atoms with van der Waals surface area (Å²) < 4.78 is 45.8. The van der Waals surface area contributed by atoms with E-state index in [2.05, 4.69) is 15.4 Å². The Morgan fingerprint density at radius 3 is 2.46 bits per heavy atom. The van der Waals surface area contributed by atoms with Crippen LogP contribution in [-0.4, -0.2) is 23.8 Å². The maximum atomic E-state index is 12.5. The number of nitrogens with one attached hydrogen (secondary N) is 2. The van der Waals surface area contributed by atoms with E-state index in [-0.39, 0.29) is 5.69 Å². The summed E-state index contributed by atoms with van der Waals surface area (Å²) in [5, 5.41) is 5.02. The molecule has 0 saturated heterocycles. The normalized spacial score (nSPS) is 19.0. The fourth-order valence-corrected chi connectivity index (χ4v) is 2.31. The van der Waals surface area contributed by atoms with Gasteiger partial charge in [-0.2, -0.15) is 0 Å². The quantitative estimate of drug-likeness (QED) is 0.817. The summed E-state index contributed by atoms with van der Waals surface area (Å²) in [5.41, 5.74) is -1.22. The van der Waals surface area contributed by atoms with Crippen molar-refractivity contribution in [1.82, 2.24) is 0 Å². The molecule has 9 heteroatoms. The smallest absolute Gasteiger partial charge is 0.466 e. The van der Waals surface area contributed by atoms with E-state index in [1.807, 2.05) is 0 Å². The molecule has 0 saturated carbocycles. The maximum Gasteiger partial charge on any atom is 0.573 e.